The number of benzene rings is 2. The summed E-state index contributed by atoms with van der Waals surface area (Å²) in [6, 6.07) is 13.5. The molecule has 1 aromatic heterocycles. The van der Waals surface area contributed by atoms with E-state index in [1.165, 1.54) is 22.9 Å². The molecule has 7 nitrogen and oxygen atoms in total. The number of hydrogen-bond acceptors (Lipinski definition) is 6. The molecule has 174 valence electrons. The third kappa shape index (κ3) is 6.28. The lowest BCUT2D eigenvalue weighted by molar-refractivity contribution is -0.113. The molecule has 4 rings (SSSR count). The zero-order valence-electron chi connectivity index (χ0n) is 18.8. The summed E-state index contributed by atoms with van der Waals surface area (Å²) in [6.45, 7) is 6.17. The van der Waals surface area contributed by atoms with Gasteiger partial charge in [0, 0.05) is 12.3 Å². The van der Waals surface area contributed by atoms with Gasteiger partial charge in [0.15, 0.2) is 11.0 Å². The van der Waals surface area contributed by atoms with Crippen molar-refractivity contribution < 1.29 is 9.53 Å². The van der Waals surface area contributed by atoms with E-state index in [0.717, 1.165) is 31.0 Å². The van der Waals surface area contributed by atoms with Crippen molar-refractivity contribution in [3.63, 3.8) is 0 Å². The van der Waals surface area contributed by atoms with Crippen LogP contribution in [0.25, 0.3) is 0 Å². The average Bonchev–Trinajstić information content (AvgIpc) is 3.44. The maximum atomic E-state index is 12.5. The average molecular weight is 486 g/mol. The minimum absolute atomic E-state index is 0.136. The molecule has 2 heterocycles. The molecule has 2 aromatic carbocycles. The fourth-order valence-electron chi connectivity index (χ4n) is 3.80. The lowest BCUT2D eigenvalue weighted by Gasteiger charge is -2.16. The number of rotatable bonds is 9. The second-order valence-electron chi connectivity index (χ2n) is 8.13. The SMILES string of the molecule is Cc1ccc(NCc2nnc(SCC(=O)Nc3ccccc3Cl)n2C[C@@H]2CCCO2)c(C)c1. The van der Waals surface area contributed by atoms with Crippen molar-refractivity contribution in [3.8, 4) is 0 Å². The summed E-state index contributed by atoms with van der Waals surface area (Å²) in [7, 11) is 0. The Labute approximate surface area is 203 Å². The number of hydrogen-bond donors (Lipinski definition) is 2. The standard InChI is InChI=1S/C24H28ClN5O2S/c1-16-9-10-20(17(2)12-16)26-13-22-28-29-24(30(22)14-18-6-5-11-32-18)33-15-23(31)27-21-8-4-3-7-19(21)25/h3-4,7-10,12,18,26H,5-6,11,13-15H2,1-2H3,(H,27,31)/t18-/m0/s1. The molecule has 0 aliphatic carbocycles. The van der Waals surface area contributed by atoms with Gasteiger partial charge in [-0.1, -0.05) is 53.2 Å². The number of para-hydroxylation sites is 1. The maximum Gasteiger partial charge on any atom is 0.234 e. The molecule has 0 bridgehead atoms. The summed E-state index contributed by atoms with van der Waals surface area (Å²) in [6.07, 6.45) is 2.21. The third-order valence-corrected chi connectivity index (χ3v) is 6.80. The van der Waals surface area contributed by atoms with E-state index in [2.05, 4.69) is 57.4 Å². The number of amides is 1. The zero-order valence-corrected chi connectivity index (χ0v) is 20.4. The third-order valence-electron chi connectivity index (χ3n) is 5.50. The van der Waals surface area contributed by atoms with Gasteiger partial charge in [-0.05, 0) is 50.5 Å². The molecule has 0 unspecified atom stereocenters. The van der Waals surface area contributed by atoms with E-state index in [9.17, 15) is 4.79 Å². The summed E-state index contributed by atoms with van der Waals surface area (Å²) in [5, 5.41) is 16.3. The molecule has 2 N–H and O–H groups in total. The Kier molecular flexibility index (Phi) is 7.90. The molecule has 0 spiro atoms. The number of aromatic nitrogens is 3. The van der Waals surface area contributed by atoms with Crippen molar-refractivity contribution in [2.45, 2.75) is 51.0 Å². The van der Waals surface area contributed by atoms with Crippen LogP contribution in [0, 0.1) is 13.8 Å². The minimum atomic E-state index is -0.144. The highest BCUT2D eigenvalue weighted by Gasteiger charge is 2.21. The molecule has 1 aliphatic heterocycles. The Hall–Kier alpha value is -2.55. The Morgan fingerprint density at radius 1 is 1.21 bits per heavy atom. The summed E-state index contributed by atoms with van der Waals surface area (Å²) in [5.74, 6) is 0.883. The van der Waals surface area contributed by atoms with Crippen molar-refractivity contribution in [1.29, 1.82) is 0 Å². The van der Waals surface area contributed by atoms with Crippen molar-refractivity contribution >= 4 is 40.6 Å². The van der Waals surface area contributed by atoms with E-state index in [1.54, 1.807) is 12.1 Å². The van der Waals surface area contributed by atoms with Gasteiger partial charge in [0.25, 0.3) is 0 Å². The van der Waals surface area contributed by atoms with Crippen LogP contribution in [-0.4, -0.2) is 39.1 Å². The minimum Gasteiger partial charge on any atom is -0.378 e. The molecule has 3 aromatic rings. The highest BCUT2D eigenvalue weighted by atomic mass is 35.5. The van der Waals surface area contributed by atoms with Crippen molar-refractivity contribution in [3.05, 3.63) is 64.4 Å². The first-order valence-corrected chi connectivity index (χ1v) is 12.4. The van der Waals surface area contributed by atoms with Crippen LogP contribution < -0.4 is 10.6 Å². The van der Waals surface area contributed by atoms with E-state index >= 15 is 0 Å². The first kappa shape index (κ1) is 23.6. The number of ether oxygens (including phenoxy) is 1. The topological polar surface area (TPSA) is 81.1 Å². The van der Waals surface area contributed by atoms with Gasteiger partial charge < -0.3 is 19.9 Å². The molecule has 1 aliphatic rings. The van der Waals surface area contributed by atoms with Gasteiger partial charge in [-0.25, -0.2) is 0 Å². The van der Waals surface area contributed by atoms with Gasteiger partial charge in [-0.15, -0.1) is 10.2 Å². The van der Waals surface area contributed by atoms with Crippen molar-refractivity contribution in [2.75, 3.05) is 23.0 Å². The first-order valence-electron chi connectivity index (χ1n) is 11.0. The van der Waals surface area contributed by atoms with Gasteiger partial charge in [-0.3, -0.25) is 4.79 Å². The van der Waals surface area contributed by atoms with E-state index in [0.29, 0.717) is 29.0 Å². The number of halogens is 1. The second kappa shape index (κ2) is 11.0. The highest BCUT2D eigenvalue weighted by Crippen LogP contribution is 2.24. The molecule has 9 heteroatoms. The molecule has 33 heavy (non-hydrogen) atoms. The fraction of sp³-hybridized carbons (Fsp3) is 0.375. The van der Waals surface area contributed by atoms with E-state index < -0.39 is 0 Å². The number of anilines is 2. The van der Waals surface area contributed by atoms with Gasteiger partial charge in [0.1, 0.15) is 0 Å². The van der Waals surface area contributed by atoms with Crippen LogP contribution in [-0.2, 0) is 22.6 Å². The van der Waals surface area contributed by atoms with Crippen molar-refractivity contribution in [1.82, 2.24) is 14.8 Å². The Morgan fingerprint density at radius 2 is 2.06 bits per heavy atom. The molecule has 1 atom stereocenters. The summed E-state index contributed by atoms with van der Waals surface area (Å²) in [5.41, 5.74) is 4.09. The van der Waals surface area contributed by atoms with Gasteiger partial charge in [0.2, 0.25) is 5.91 Å². The van der Waals surface area contributed by atoms with Crippen LogP contribution in [0.15, 0.2) is 47.6 Å². The normalized spacial score (nSPS) is 15.5. The zero-order chi connectivity index (χ0) is 23.2. The number of aryl methyl sites for hydroxylation is 2. The molecular weight excluding hydrogens is 458 g/mol. The number of carbonyl (C=O) groups is 1. The molecule has 1 fully saturated rings. The smallest absolute Gasteiger partial charge is 0.234 e. The predicted octanol–water partition coefficient (Wildman–Crippen LogP) is 5.07. The summed E-state index contributed by atoms with van der Waals surface area (Å²) >= 11 is 7.51. The van der Waals surface area contributed by atoms with Crippen LogP contribution in [0.5, 0.6) is 0 Å². The van der Waals surface area contributed by atoms with Crippen LogP contribution in [0.2, 0.25) is 5.02 Å². The quantitative estimate of drug-likeness (QED) is 0.412. The summed E-state index contributed by atoms with van der Waals surface area (Å²) in [4.78, 5) is 12.5. The Bertz CT molecular complexity index is 1110. The Morgan fingerprint density at radius 3 is 2.82 bits per heavy atom. The predicted molar refractivity (Wildman–Crippen MR) is 133 cm³/mol. The summed E-state index contributed by atoms with van der Waals surface area (Å²) < 4.78 is 7.92. The van der Waals surface area contributed by atoms with E-state index in [4.69, 9.17) is 16.3 Å². The van der Waals surface area contributed by atoms with Crippen LogP contribution in [0.3, 0.4) is 0 Å². The van der Waals surface area contributed by atoms with Gasteiger partial charge in [-0.2, -0.15) is 0 Å². The number of nitrogens with one attached hydrogen (secondary N) is 2. The molecule has 0 radical (unpaired) electrons. The van der Waals surface area contributed by atoms with E-state index in [1.807, 2.05) is 12.1 Å². The van der Waals surface area contributed by atoms with Crippen LogP contribution in [0.4, 0.5) is 11.4 Å². The first-order chi connectivity index (χ1) is 16.0. The van der Waals surface area contributed by atoms with Gasteiger partial charge in [0.05, 0.1) is 35.7 Å². The molecule has 1 amide bonds. The second-order valence-corrected chi connectivity index (χ2v) is 9.48. The highest BCUT2D eigenvalue weighted by molar-refractivity contribution is 7.99. The monoisotopic (exact) mass is 485 g/mol. The number of nitrogens with zero attached hydrogens (tertiary/aromatic N) is 3. The maximum absolute atomic E-state index is 12.5. The molecule has 1 saturated heterocycles. The largest absolute Gasteiger partial charge is 0.378 e. The molecule has 0 saturated carbocycles. The lowest BCUT2D eigenvalue weighted by atomic mass is 10.1. The lowest BCUT2D eigenvalue weighted by Crippen LogP contribution is -2.20. The number of carbonyl (C=O) groups excluding carboxylic acids is 1. The fourth-order valence-corrected chi connectivity index (χ4v) is 4.75. The van der Waals surface area contributed by atoms with E-state index in [-0.39, 0.29) is 17.8 Å². The molecular formula is C24H28ClN5O2S. The van der Waals surface area contributed by atoms with Crippen LogP contribution >= 0.6 is 23.4 Å². The Balaban J connectivity index is 1.44. The van der Waals surface area contributed by atoms with Crippen molar-refractivity contribution in [2.24, 2.45) is 0 Å². The van der Waals surface area contributed by atoms with Crippen LogP contribution in [0.1, 0.15) is 29.8 Å². The van der Waals surface area contributed by atoms with Gasteiger partial charge >= 0.3 is 0 Å². The number of thioether (sulfide) groups is 1.